The molecular formula is C25H28O. The molecule has 3 aromatic carbocycles. The Balaban J connectivity index is 2.02. The van der Waals surface area contributed by atoms with Crippen molar-refractivity contribution in [2.24, 2.45) is 0 Å². The van der Waals surface area contributed by atoms with E-state index in [0.717, 1.165) is 18.4 Å². The van der Waals surface area contributed by atoms with Crippen molar-refractivity contribution < 1.29 is 5.11 Å². The van der Waals surface area contributed by atoms with Gasteiger partial charge in [-0.25, -0.2) is 0 Å². The molecule has 0 amide bonds. The Kier molecular flexibility index (Phi) is 6.49. The number of aromatic hydroxyl groups is 1. The Labute approximate surface area is 157 Å². The normalized spacial score (nSPS) is 10.8. The molecule has 3 aromatic rings. The number of hydrogen-bond donors (Lipinski definition) is 1. The van der Waals surface area contributed by atoms with Crippen LogP contribution < -0.4 is 0 Å². The summed E-state index contributed by atoms with van der Waals surface area (Å²) in [7, 11) is 0. The largest absolute Gasteiger partial charge is 0.508 e. The van der Waals surface area contributed by atoms with Crippen LogP contribution in [0.3, 0.4) is 0 Å². The zero-order valence-electron chi connectivity index (χ0n) is 15.6. The van der Waals surface area contributed by atoms with Crippen LogP contribution in [0.4, 0.5) is 0 Å². The van der Waals surface area contributed by atoms with Crippen molar-refractivity contribution >= 4 is 0 Å². The summed E-state index contributed by atoms with van der Waals surface area (Å²) in [4.78, 5) is 0. The predicted molar refractivity (Wildman–Crippen MR) is 111 cm³/mol. The van der Waals surface area contributed by atoms with E-state index >= 15 is 0 Å². The van der Waals surface area contributed by atoms with E-state index in [1.807, 2.05) is 24.3 Å². The molecule has 1 N–H and O–H groups in total. The average Bonchev–Trinajstić information content (AvgIpc) is 2.70. The van der Waals surface area contributed by atoms with Gasteiger partial charge in [-0.05, 0) is 41.2 Å². The highest BCUT2D eigenvalue weighted by Crippen LogP contribution is 2.39. The highest BCUT2D eigenvalue weighted by atomic mass is 16.3. The predicted octanol–water partition coefficient (Wildman–Crippen LogP) is 7.24. The summed E-state index contributed by atoms with van der Waals surface area (Å²) in [5, 5.41) is 10.6. The Morgan fingerprint density at radius 3 is 1.92 bits per heavy atom. The SMILES string of the molecule is CCCCCCCc1c(O)ccc(-c2ccccc2)c1-c1ccccc1. The van der Waals surface area contributed by atoms with E-state index in [0.29, 0.717) is 5.75 Å². The van der Waals surface area contributed by atoms with Crippen molar-refractivity contribution in [2.75, 3.05) is 0 Å². The molecule has 1 heteroatoms. The topological polar surface area (TPSA) is 20.2 Å². The molecule has 0 spiro atoms. The molecule has 0 aromatic heterocycles. The van der Waals surface area contributed by atoms with Crippen LogP contribution in [0.2, 0.25) is 0 Å². The lowest BCUT2D eigenvalue weighted by molar-refractivity contribution is 0.466. The van der Waals surface area contributed by atoms with E-state index < -0.39 is 0 Å². The van der Waals surface area contributed by atoms with Gasteiger partial charge in [-0.3, -0.25) is 0 Å². The molecule has 0 saturated carbocycles. The molecule has 134 valence electrons. The summed E-state index contributed by atoms with van der Waals surface area (Å²) in [6, 6.07) is 24.8. The van der Waals surface area contributed by atoms with Gasteiger partial charge in [0, 0.05) is 5.56 Å². The minimum atomic E-state index is 0.416. The molecule has 0 aliphatic rings. The Bertz CT molecular complexity index is 806. The fraction of sp³-hybridized carbons (Fsp3) is 0.280. The molecule has 0 radical (unpaired) electrons. The molecule has 0 aliphatic carbocycles. The van der Waals surface area contributed by atoms with Gasteiger partial charge >= 0.3 is 0 Å². The maximum atomic E-state index is 10.6. The molecule has 0 atom stereocenters. The van der Waals surface area contributed by atoms with Crippen molar-refractivity contribution in [3.05, 3.63) is 78.4 Å². The Hall–Kier alpha value is -2.54. The maximum absolute atomic E-state index is 10.6. The van der Waals surface area contributed by atoms with E-state index in [-0.39, 0.29) is 0 Å². The average molecular weight is 344 g/mol. The quantitative estimate of drug-likeness (QED) is 0.427. The highest BCUT2D eigenvalue weighted by Gasteiger charge is 2.15. The van der Waals surface area contributed by atoms with Crippen LogP contribution in [0, 0.1) is 0 Å². The van der Waals surface area contributed by atoms with Crippen LogP contribution in [0.15, 0.2) is 72.8 Å². The molecule has 0 bridgehead atoms. The number of hydrogen-bond acceptors (Lipinski definition) is 1. The third kappa shape index (κ3) is 4.35. The van der Waals surface area contributed by atoms with Gasteiger partial charge in [-0.1, -0.05) is 99.3 Å². The molecule has 0 unspecified atom stereocenters. The minimum absolute atomic E-state index is 0.416. The first-order valence-electron chi connectivity index (χ1n) is 9.77. The maximum Gasteiger partial charge on any atom is 0.119 e. The summed E-state index contributed by atoms with van der Waals surface area (Å²) in [5.41, 5.74) is 5.81. The summed E-state index contributed by atoms with van der Waals surface area (Å²) in [5.74, 6) is 0.416. The first kappa shape index (κ1) is 18.3. The van der Waals surface area contributed by atoms with Gasteiger partial charge in [0.2, 0.25) is 0 Å². The number of unbranched alkanes of at least 4 members (excludes halogenated alkanes) is 4. The van der Waals surface area contributed by atoms with Gasteiger partial charge in [-0.15, -0.1) is 0 Å². The summed E-state index contributed by atoms with van der Waals surface area (Å²) < 4.78 is 0. The van der Waals surface area contributed by atoms with Gasteiger partial charge in [0.25, 0.3) is 0 Å². The fourth-order valence-electron chi connectivity index (χ4n) is 3.59. The van der Waals surface area contributed by atoms with Gasteiger partial charge in [0.15, 0.2) is 0 Å². The lowest BCUT2D eigenvalue weighted by atomic mass is 9.88. The molecule has 1 nitrogen and oxygen atoms in total. The van der Waals surface area contributed by atoms with E-state index in [2.05, 4.69) is 55.5 Å². The molecular weight excluding hydrogens is 316 g/mol. The molecule has 0 aliphatic heterocycles. The zero-order chi connectivity index (χ0) is 18.2. The van der Waals surface area contributed by atoms with Crippen LogP contribution in [0.1, 0.15) is 44.6 Å². The van der Waals surface area contributed by atoms with Crippen LogP contribution in [0.5, 0.6) is 5.75 Å². The van der Waals surface area contributed by atoms with Crippen molar-refractivity contribution in [1.82, 2.24) is 0 Å². The van der Waals surface area contributed by atoms with E-state index in [1.54, 1.807) is 0 Å². The Morgan fingerprint density at radius 1 is 0.654 bits per heavy atom. The molecule has 3 rings (SSSR count). The lowest BCUT2D eigenvalue weighted by Gasteiger charge is -2.17. The second-order valence-corrected chi connectivity index (χ2v) is 6.88. The van der Waals surface area contributed by atoms with Crippen molar-refractivity contribution in [2.45, 2.75) is 45.4 Å². The van der Waals surface area contributed by atoms with Crippen LogP contribution in [0.25, 0.3) is 22.3 Å². The summed E-state index contributed by atoms with van der Waals surface area (Å²) in [6.07, 6.45) is 7.07. The smallest absolute Gasteiger partial charge is 0.119 e. The third-order valence-corrected chi connectivity index (χ3v) is 4.97. The lowest BCUT2D eigenvalue weighted by Crippen LogP contribution is -1.95. The van der Waals surface area contributed by atoms with Gasteiger partial charge in [0.05, 0.1) is 0 Å². The van der Waals surface area contributed by atoms with Gasteiger partial charge in [0.1, 0.15) is 5.75 Å². The van der Waals surface area contributed by atoms with E-state index in [1.165, 1.54) is 47.9 Å². The van der Waals surface area contributed by atoms with Crippen molar-refractivity contribution in [3.63, 3.8) is 0 Å². The van der Waals surface area contributed by atoms with E-state index in [9.17, 15) is 5.11 Å². The van der Waals surface area contributed by atoms with Crippen LogP contribution in [-0.2, 0) is 6.42 Å². The van der Waals surface area contributed by atoms with Crippen molar-refractivity contribution in [1.29, 1.82) is 0 Å². The minimum Gasteiger partial charge on any atom is -0.508 e. The molecule has 0 fully saturated rings. The summed E-state index contributed by atoms with van der Waals surface area (Å²) >= 11 is 0. The highest BCUT2D eigenvalue weighted by molar-refractivity contribution is 5.87. The molecule has 26 heavy (non-hydrogen) atoms. The molecule has 0 saturated heterocycles. The molecule has 0 heterocycles. The second kappa shape index (κ2) is 9.24. The number of phenols is 1. The second-order valence-electron chi connectivity index (χ2n) is 6.88. The number of rotatable bonds is 8. The van der Waals surface area contributed by atoms with E-state index in [4.69, 9.17) is 0 Å². The van der Waals surface area contributed by atoms with Crippen molar-refractivity contribution in [3.8, 4) is 28.0 Å². The Morgan fingerprint density at radius 2 is 1.27 bits per heavy atom. The number of phenolic OH excluding ortho intramolecular Hbond substituents is 1. The van der Waals surface area contributed by atoms with Gasteiger partial charge in [-0.2, -0.15) is 0 Å². The zero-order valence-corrected chi connectivity index (χ0v) is 15.6. The van der Waals surface area contributed by atoms with Crippen LogP contribution >= 0.6 is 0 Å². The summed E-state index contributed by atoms with van der Waals surface area (Å²) in [6.45, 7) is 2.24. The van der Waals surface area contributed by atoms with Gasteiger partial charge < -0.3 is 5.11 Å². The first-order chi connectivity index (χ1) is 12.8. The standard InChI is InChI=1S/C25H28O/c1-2-3-4-5-12-17-23-24(26)19-18-22(20-13-8-6-9-14-20)25(23)21-15-10-7-11-16-21/h6-11,13-16,18-19,26H,2-5,12,17H2,1H3. The third-order valence-electron chi connectivity index (χ3n) is 4.97. The fourth-order valence-corrected chi connectivity index (χ4v) is 3.59. The first-order valence-corrected chi connectivity index (χ1v) is 9.77. The van der Waals surface area contributed by atoms with Crippen LogP contribution in [-0.4, -0.2) is 5.11 Å². The monoisotopic (exact) mass is 344 g/mol. The number of benzene rings is 3.